The van der Waals surface area contributed by atoms with Gasteiger partial charge in [0.05, 0.1) is 6.10 Å². The van der Waals surface area contributed by atoms with Crippen LogP contribution in [-0.4, -0.2) is 46.6 Å². The predicted octanol–water partition coefficient (Wildman–Crippen LogP) is 1.91. The minimum atomic E-state index is -0.429. The smallest absolute Gasteiger partial charge is 0.246 e. The molecule has 4 rings (SSSR count). The van der Waals surface area contributed by atoms with Crippen molar-refractivity contribution in [2.24, 2.45) is 11.7 Å². The minimum absolute atomic E-state index is 0.109. The summed E-state index contributed by atoms with van der Waals surface area (Å²) in [4.78, 5) is 25.9. The maximum Gasteiger partial charge on any atom is 0.246 e. The summed E-state index contributed by atoms with van der Waals surface area (Å²) in [5, 5.41) is 1.15. The molecule has 0 spiro atoms. The predicted molar refractivity (Wildman–Crippen MR) is 98.3 cm³/mol. The number of hydrogen-bond acceptors (Lipinski definition) is 3. The molecule has 0 aliphatic carbocycles. The van der Waals surface area contributed by atoms with Gasteiger partial charge in [-0.25, -0.2) is 0 Å². The van der Waals surface area contributed by atoms with E-state index in [1.54, 1.807) is 0 Å². The number of fused-ring (bicyclic) bond motifs is 1. The molecule has 6 nitrogen and oxygen atoms in total. The number of likely N-dealkylation sites (tertiary alicyclic amines) is 1. The molecule has 26 heavy (non-hydrogen) atoms. The zero-order chi connectivity index (χ0) is 18.1. The average molecular weight is 355 g/mol. The molecular formula is C20H25N3O3. The second kappa shape index (κ2) is 7.11. The maximum atomic E-state index is 12.7. The summed E-state index contributed by atoms with van der Waals surface area (Å²) in [5.74, 6) is 0.210. The van der Waals surface area contributed by atoms with E-state index in [1.807, 2.05) is 39.9 Å². The highest BCUT2D eigenvalue weighted by molar-refractivity contribution is 5.83. The number of benzene rings is 1. The molecule has 2 N–H and O–H groups in total. The molecule has 3 heterocycles. The Kier molecular flexibility index (Phi) is 4.68. The number of piperidine rings is 1. The van der Waals surface area contributed by atoms with Crippen molar-refractivity contribution >= 4 is 22.7 Å². The van der Waals surface area contributed by atoms with Gasteiger partial charge in [-0.05, 0) is 49.1 Å². The van der Waals surface area contributed by atoms with Gasteiger partial charge in [0.25, 0.3) is 0 Å². The summed E-state index contributed by atoms with van der Waals surface area (Å²) in [6.07, 6.45) is 5.12. The van der Waals surface area contributed by atoms with Crippen LogP contribution in [0.25, 0.3) is 10.9 Å². The van der Waals surface area contributed by atoms with Gasteiger partial charge in [-0.1, -0.05) is 18.2 Å². The van der Waals surface area contributed by atoms with Crippen LogP contribution in [-0.2, 0) is 20.9 Å². The number of amides is 2. The van der Waals surface area contributed by atoms with E-state index in [9.17, 15) is 9.59 Å². The van der Waals surface area contributed by atoms with Crippen LogP contribution in [0.15, 0.2) is 36.5 Å². The van der Waals surface area contributed by atoms with Gasteiger partial charge in [0, 0.05) is 24.8 Å². The normalized spacial score (nSPS) is 24.2. The zero-order valence-corrected chi connectivity index (χ0v) is 14.8. The van der Waals surface area contributed by atoms with E-state index in [2.05, 4.69) is 6.07 Å². The van der Waals surface area contributed by atoms with Gasteiger partial charge in [-0.15, -0.1) is 0 Å². The molecule has 2 aromatic rings. The van der Waals surface area contributed by atoms with E-state index in [0.29, 0.717) is 12.5 Å². The van der Waals surface area contributed by atoms with Gasteiger partial charge in [-0.2, -0.15) is 0 Å². The monoisotopic (exact) mass is 355 g/mol. The number of aromatic nitrogens is 1. The van der Waals surface area contributed by atoms with Gasteiger partial charge in [-0.3, -0.25) is 9.59 Å². The Bertz CT molecular complexity index is 807. The molecule has 2 fully saturated rings. The average Bonchev–Trinajstić information content (AvgIpc) is 3.30. The van der Waals surface area contributed by atoms with Crippen LogP contribution in [0.2, 0.25) is 0 Å². The highest BCUT2D eigenvalue weighted by Crippen LogP contribution is 2.31. The fourth-order valence-corrected chi connectivity index (χ4v) is 4.26. The Balaban J connectivity index is 1.32. The quantitative estimate of drug-likeness (QED) is 0.910. The first kappa shape index (κ1) is 17.1. The van der Waals surface area contributed by atoms with Gasteiger partial charge >= 0.3 is 0 Å². The third-order valence-electron chi connectivity index (χ3n) is 5.77. The number of carbonyl (C=O) groups excluding carboxylic acids is 2. The van der Waals surface area contributed by atoms with Crippen molar-refractivity contribution < 1.29 is 14.3 Å². The van der Waals surface area contributed by atoms with Crippen LogP contribution in [0.3, 0.4) is 0 Å². The fourth-order valence-electron chi connectivity index (χ4n) is 4.26. The van der Waals surface area contributed by atoms with E-state index in [4.69, 9.17) is 10.5 Å². The van der Waals surface area contributed by atoms with E-state index >= 15 is 0 Å². The van der Waals surface area contributed by atoms with Crippen molar-refractivity contribution in [3.05, 3.63) is 36.5 Å². The van der Waals surface area contributed by atoms with Gasteiger partial charge < -0.3 is 19.9 Å². The van der Waals surface area contributed by atoms with Crippen LogP contribution < -0.4 is 5.73 Å². The molecule has 1 aromatic carbocycles. The molecule has 1 aromatic heterocycles. The molecule has 138 valence electrons. The zero-order valence-electron chi connectivity index (χ0n) is 14.8. The van der Waals surface area contributed by atoms with Crippen LogP contribution in [0, 0.1) is 5.92 Å². The number of hydrogen-bond donors (Lipinski definition) is 1. The van der Waals surface area contributed by atoms with Crippen LogP contribution >= 0.6 is 0 Å². The van der Waals surface area contributed by atoms with Crippen LogP contribution in [0.4, 0.5) is 0 Å². The lowest BCUT2D eigenvalue weighted by Gasteiger charge is -2.34. The summed E-state index contributed by atoms with van der Waals surface area (Å²) in [5.41, 5.74) is 6.43. The standard InChI is InChI=1S/C20H25N3O3/c21-20(25)18-6-5-17(26-18)15-8-10-22(11-9-15)19(24)13-23-12-7-14-3-1-2-4-16(14)23/h1-4,7,12,15,17-18H,5-6,8-11,13H2,(H2,21,25)/t17-,18+/m0/s1. The Morgan fingerprint density at radius 1 is 1.08 bits per heavy atom. The topological polar surface area (TPSA) is 77.6 Å². The first-order valence-electron chi connectivity index (χ1n) is 9.38. The lowest BCUT2D eigenvalue weighted by Crippen LogP contribution is -2.42. The van der Waals surface area contributed by atoms with Crippen molar-refractivity contribution in [3.63, 3.8) is 0 Å². The van der Waals surface area contributed by atoms with Gasteiger partial charge in [0.1, 0.15) is 12.6 Å². The van der Waals surface area contributed by atoms with Gasteiger partial charge in [0.2, 0.25) is 11.8 Å². The number of rotatable bonds is 4. The highest BCUT2D eigenvalue weighted by Gasteiger charge is 2.36. The SMILES string of the molecule is NC(=O)[C@H]1CC[C@@H](C2CCN(C(=O)Cn3ccc4ccccc43)CC2)O1. The Hall–Kier alpha value is -2.34. The van der Waals surface area contributed by atoms with E-state index < -0.39 is 6.10 Å². The number of ether oxygens (including phenoxy) is 1. The summed E-state index contributed by atoms with van der Waals surface area (Å²) in [6.45, 7) is 1.88. The minimum Gasteiger partial charge on any atom is -0.367 e. The Morgan fingerprint density at radius 2 is 1.85 bits per heavy atom. The summed E-state index contributed by atoms with van der Waals surface area (Å²) in [7, 11) is 0. The van der Waals surface area contributed by atoms with Crippen molar-refractivity contribution in [3.8, 4) is 0 Å². The largest absolute Gasteiger partial charge is 0.367 e. The molecule has 2 amide bonds. The summed E-state index contributed by atoms with van der Waals surface area (Å²) < 4.78 is 7.82. The molecule has 2 aliphatic rings. The van der Waals surface area contributed by atoms with Crippen molar-refractivity contribution in [1.29, 1.82) is 0 Å². The first-order valence-corrected chi connectivity index (χ1v) is 9.38. The number of para-hydroxylation sites is 1. The molecular weight excluding hydrogens is 330 g/mol. The van der Waals surface area contributed by atoms with Crippen molar-refractivity contribution in [2.75, 3.05) is 13.1 Å². The molecule has 0 unspecified atom stereocenters. The van der Waals surface area contributed by atoms with E-state index in [1.165, 1.54) is 0 Å². The Morgan fingerprint density at radius 3 is 2.58 bits per heavy atom. The molecule has 2 atom stereocenters. The molecule has 0 saturated carbocycles. The van der Waals surface area contributed by atoms with Crippen LogP contribution in [0.5, 0.6) is 0 Å². The van der Waals surface area contributed by atoms with Gasteiger partial charge in [0.15, 0.2) is 0 Å². The molecule has 0 radical (unpaired) electrons. The maximum absolute atomic E-state index is 12.7. The van der Waals surface area contributed by atoms with Crippen molar-refractivity contribution in [1.82, 2.24) is 9.47 Å². The third kappa shape index (κ3) is 3.33. The second-order valence-corrected chi connectivity index (χ2v) is 7.36. The van der Waals surface area contributed by atoms with Crippen LogP contribution in [0.1, 0.15) is 25.7 Å². The number of carbonyl (C=O) groups is 2. The Labute approximate surface area is 152 Å². The first-order chi connectivity index (χ1) is 12.6. The number of primary amides is 1. The number of nitrogens with two attached hydrogens (primary N) is 1. The summed E-state index contributed by atoms with van der Waals surface area (Å²) in [6, 6.07) is 10.1. The van der Waals surface area contributed by atoms with Crippen molar-refractivity contribution in [2.45, 2.75) is 44.4 Å². The molecule has 2 aliphatic heterocycles. The lowest BCUT2D eigenvalue weighted by molar-refractivity contribution is -0.134. The molecule has 0 bridgehead atoms. The molecule has 6 heteroatoms. The highest BCUT2D eigenvalue weighted by atomic mass is 16.5. The lowest BCUT2D eigenvalue weighted by atomic mass is 9.89. The fraction of sp³-hybridized carbons (Fsp3) is 0.500. The summed E-state index contributed by atoms with van der Waals surface area (Å²) >= 11 is 0. The van der Waals surface area contributed by atoms with E-state index in [-0.39, 0.29) is 17.9 Å². The molecule has 2 saturated heterocycles. The van der Waals surface area contributed by atoms with E-state index in [0.717, 1.165) is 49.7 Å². The number of nitrogens with zero attached hydrogens (tertiary/aromatic N) is 2. The second-order valence-electron chi connectivity index (χ2n) is 7.36. The third-order valence-corrected chi connectivity index (χ3v) is 5.77.